The molecular weight excluding hydrogens is 198 g/mol. The SMILES string of the molecule is CC1OCCNC1c1ccccc1C1CC1. The van der Waals surface area contributed by atoms with E-state index in [-0.39, 0.29) is 6.10 Å². The second-order valence-corrected chi connectivity index (χ2v) is 4.91. The van der Waals surface area contributed by atoms with Crippen LogP contribution < -0.4 is 5.32 Å². The van der Waals surface area contributed by atoms with Crippen molar-refractivity contribution in [3.05, 3.63) is 35.4 Å². The fourth-order valence-corrected chi connectivity index (χ4v) is 2.64. The van der Waals surface area contributed by atoms with Gasteiger partial charge >= 0.3 is 0 Å². The zero-order valence-electron chi connectivity index (χ0n) is 9.78. The van der Waals surface area contributed by atoms with Crippen LogP contribution in [-0.2, 0) is 4.74 Å². The molecule has 86 valence electrons. The van der Waals surface area contributed by atoms with E-state index in [2.05, 4.69) is 36.5 Å². The quantitative estimate of drug-likeness (QED) is 0.822. The first kappa shape index (κ1) is 10.3. The minimum atomic E-state index is 0.286. The molecule has 0 amide bonds. The monoisotopic (exact) mass is 217 g/mol. The van der Waals surface area contributed by atoms with E-state index >= 15 is 0 Å². The van der Waals surface area contributed by atoms with Crippen LogP contribution in [0.3, 0.4) is 0 Å². The number of rotatable bonds is 2. The predicted molar refractivity (Wildman–Crippen MR) is 64.6 cm³/mol. The van der Waals surface area contributed by atoms with Crippen LogP contribution in [0.5, 0.6) is 0 Å². The summed E-state index contributed by atoms with van der Waals surface area (Å²) in [5.41, 5.74) is 2.99. The Morgan fingerprint density at radius 1 is 1.19 bits per heavy atom. The lowest BCUT2D eigenvalue weighted by Crippen LogP contribution is -2.40. The average Bonchev–Trinajstić information content (AvgIpc) is 3.14. The van der Waals surface area contributed by atoms with Gasteiger partial charge < -0.3 is 10.1 Å². The number of hydrogen-bond donors (Lipinski definition) is 1. The van der Waals surface area contributed by atoms with Crippen molar-refractivity contribution in [2.45, 2.75) is 37.8 Å². The summed E-state index contributed by atoms with van der Waals surface area (Å²) in [5.74, 6) is 0.812. The van der Waals surface area contributed by atoms with E-state index in [0.717, 1.165) is 19.1 Å². The van der Waals surface area contributed by atoms with Crippen molar-refractivity contribution in [3.8, 4) is 0 Å². The van der Waals surface area contributed by atoms with Crippen LogP contribution in [0.2, 0.25) is 0 Å². The maximum Gasteiger partial charge on any atom is 0.0742 e. The van der Waals surface area contributed by atoms with E-state index in [9.17, 15) is 0 Å². The van der Waals surface area contributed by atoms with Gasteiger partial charge in [-0.2, -0.15) is 0 Å². The molecule has 2 heteroatoms. The first-order valence-electron chi connectivity index (χ1n) is 6.30. The summed E-state index contributed by atoms with van der Waals surface area (Å²) < 4.78 is 5.74. The van der Waals surface area contributed by atoms with Gasteiger partial charge in [-0.25, -0.2) is 0 Å². The predicted octanol–water partition coefficient (Wildman–Crippen LogP) is 2.61. The highest BCUT2D eigenvalue weighted by molar-refractivity contribution is 5.36. The Kier molecular flexibility index (Phi) is 2.70. The van der Waals surface area contributed by atoms with Crippen LogP contribution in [0.15, 0.2) is 24.3 Å². The Hall–Kier alpha value is -0.860. The molecule has 0 radical (unpaired) electrons. The molecule has 1 saturated heterocycles. The highest BCUT2D eigenvalue weighted by Crippen LogP contribution is 2.43. The van der Waals surface area contributed by atoms with Crippen LogP contribution >= 0.6 is 0 Å². The van der Waals surface area contributed by atoms with Crippen molar-refractivity contribution in [2.75, 3.05) is 13.2 Å². The molecule has 2 fully saturated rings. The summed E-state index contributed by atoms with van der Waals surface area (Å²) in [5, 5.41) is 3.58. The zero-order valence-corrected chi connectivity index (χ0v) is 9.78. The largest absolute Gasteiger partial charge is 0.375 e. The molecule has 3 rings (SSSR count). The van der Waals surface area contributed by atoms with E-state index in [1.807, 2.05) is 0 Å². The van der Waals surface area contributed by atoms with Crippen molar-refractivity contribution in [3.63, 3.8) is 0 Å². The maximum absolute atomic E-state index is 5.74. The molecular formula is C14H19NO. The smallest absolute Gasteiger partial charge is 0.0742 e. The molecule has 2 nitrogen and oxygen atoms in total. The number of hydrogen-bond acceptors (Lipinski definition) is 2. The molecule has 2 unspecified atom stereocenters. The first-order chi connectivity index (χ1) is 7.86. The molecule has 2 aliphatic rings. The van der Waals surface area contributed by atoms with Gasteiger partial charge in [0.2, 0.25) is 0 Å². The minimum absolute atomic E-state index is 0.286. The van der Waals surface area contributed by atoms with Crippen LogP contribution in [0.25, 0.3) is 0 Å². The summed E-state index contributed by atoms with van der Waals surface area (Å²) in [4.78, 5) is 0. The molecule has 0 spiro atoms. The van der Waals surface area contributed by atoms with Crippen LogP contribution in [0.4, 0.5) is 0 Å². The average molecular weight is 217 g/mol. The molecule has 2 atom stereocenters. The summed E-state index contributed by atoms with van der Waals surface area (Å²) >= 11 is 0. The number of benzene rings is 1. The minimum Gasteiger partial charge on any atom is -0.375 e. The van der Waals surface area contributed by atoms with Crippen molar-refractivity contribution < 1.29 is 4.74 Å². The van der Waals surface area contributed by atoms with E-state index in [4.69, 9.17) is 4.74 Å². The van der Waals surface area contributed by atoms with Crippen LogP contribution in [0.1, 0.15) is 42.9 Å². The molecule has 0 aromatic heterocycles. The third-order valence-corrected chi connectivity index (χ3v) is 3.66. The van der Waals surface area contributed by atoms with Gasteiger partial charge in [-0.05, 0) is 36.8 Å². The highest BCUT2D eigenvalue weighted by atomic mass is 16.5. The van der Waals surface area contributed by atoms with Crippen LogP contribution in [0, 0.1) is 0 Å². The van der Waals surface area contributed by atoms with Gasteiger partial charge in [0.1, 0.15) is 0 Å². The molecule has 1 saturated carbocycles. The molecule has 1 aliphatic heterocycles. The van der Waals surface area contributed by atoms with Crippen molar-refractivity contribution in [1.82, 2.24) is 5.32 Å². The van der Waals surface area contributed by atoms with E-state index in [1.54, 1.807) is 0 Å². The van der Waals surface area contributed by atoms with Gasteiger partial charge in [0.05, 0.1) is 18.8 Å². The Labute approximate surface area is 97.0 Å². The van der Waals surface area contributed by atoms with Gasteiger partial charge in [0.25, 0.3) is 0 Å². The van der Waals surface area contributed by atoms with Crippen molar-refractivity contribution in [2.24, 2.45) is 0 Å². The zero-order chi connectivity index (χ0) is 11.0. The maximum atomic E-state index is 5.74. The first-order valence-corrected chi connectivity index (χ1v) is 6.30. The van der Waals surface area contributed by atoms with Gasteiger partial charge in [-0.3, -0.25) is 0 Å². The lowest BCUT2D eigenvalue weighted by molar-refractivity contribution is 0.00732. The van der Waals surface area contributed by atoms with Crippen molar-refractivity contribution in [1.29, 1.82) is 0 Å². The standard InChI is InChI=1S/C14H19NO/c1-10-14(15-8-9-16-10)13-5-3-2-4-12(13)11-6-7-11/h2-5,10-11,14-15H,6-9H2,1H3. The Morgan fingerprint density at radius 2 is 1.94 bits per heavy atom. The fourth-order valence-electron chi connectivity index (χ4n) is 2.64. The van der Waals surface area contributed by atoms with E-state index < -0.39 is 0 Å². The summed E-state index contributed by atoms with van der Waals surface area (Å²) in [6, 6.07) is 9.23. The van der Waals surface area contributed by atoms with Crippen LogP contribution in [-0.4, -0.2) is 19.3 Å². The fraction of sp³-hybridized carbons (Fsp3) is 0.571. The summed E-state index contributed by atoms with van der Waals surface area (Å²) in [6.45, 7) is 3.97. The number of ether oxygens (including phenoxy) is 1. The van der Waals surface area contributed by atoms with Gasteiger partial charge in [-0.1, -0.05) is 24.3 Å². The van der Waals surface area contributed by atoms with E-state index in [0.29, 0.717) is 6.04 Å². The molecule has 16 heavy (non-hydrogen) atoms. The van der Waals surface area contributed by atoms with Gasteiger partial charge in [0, 0.05) is 6.54 Å². The normalized spacial score (nSPS) is 30.3. The summed E-state index contributed by atoms with van der Waals surface area (Å²) in [6.07, 6.45) is 3.01. The Balaban J connectivity index is 1.91. The summed E-state index contributed by atoms with van der Waals surface area (Å²) in [7, 11) is 0. The number of nitrogens with one attached hydrogen (secondary N) is 1. The second-order valence-electron chi connectivity index (χ2n) is 4.91. The molecule has 1 heterocycles. The lowest BCUT2D eigenvalue weighted by atomic mass is 9.93. The third-order valence-electron chi connectivity index (χ3n) is 3.66. The molecule has 1 aromatic carbocycles. The molecule has 1 N–H and O–H groups in total. The van der Waals surface area contributed by atoms with Gasteiger partial charge in [-0.15, -0.1) is 0 Å². The second kappa shape index (κ2) is 4.19. The molecule has 1 aromatic rings. The van der Waals surface area contributed by atoms with Crippen molar-refractivity contribution >= 4 is 0 Å². The Morgan fingerprint density at radius 3 is 2.62 bits per heavy atom. The third kappa shape index (κ3) is 1.87. The van der Waals surface area contributed by atoms with E-state index in [1.165, 1.54) is 24.0 Å². The number of morpholine rings is 1. The Bertz CT molecular complexity index is 373. The highest BCUT2D eigenvalue weighted by Gasteiger charge is 2.31. The topological polar surface area (TPSA) is 21.3 Å². The molecule has 1 aliphatic carbocycles. The molecule has 0 bridgehead atoms. The van der Waals surface area contributed by atoms with Gasteiger partial charge in [0.15, 0.2) is 0 Å². The lowest BCUT2D eigenvalue weighted by Gasteiger charge is -2.32.